The molecule has 0 saturated carbocycles. The van der Waals surface area contributed by atoms with Crippen molar-refractivity contribution in [2.24, 2.45) is 0 Å². The molecule has 0 bridgehead atoms. The lowest BCUT2D eigenvalue weighted by atomic mass is 10.1. The van der Waals surface area contributed by atoms with Crippen molar-refractivity contribution in [2.45, 2.75) is 6.92 Å². The number of hydrogen-bond acceptors (Lipinski definition) is 2. The molecule has 2 rings (SSSR count). The van der Waals surface area contributed by atoms with Crippen molar-refractivity contribution in [3.05, 3.63) is 68.7 Å². The van der Waals surface area contributed by atoms with E-state index in [0.717, 1.165) is 15.6 Å². The van der Waals surface area contributed by atoms with Gasteiger partial charge in [-0.05, 0) is 42.3 Å². The van der Waals surface area contributed by atoms with Gasteiger partial charge in [-0.3, -0.25) is 4.79 Å². The van der Waals surface area contributed by atoms with Crippen LogP contribution in [-0.2, 0) is 4.79 Å². The number of carbonyl (C=O) groups is 1. The fraction of sp³-hybridized carbons (Fsp3) is 0.0588. The van der Waals surface area contributed by atoms with Crippen LogP contribution in [0.5, 0.6) is 0 Å². The van der Waals surface area contributed by atoms with Gasteiger partial charge in [0.2, 0.25) is 0 Å². The predicted octanol–water partition coefficient (Wildman–Crippen LogP) is 4.96. The van der Waals surface area contributed by atoms with Gasteiger partial charge in [0.25, 0.3) is 5.91 Å². The Labute approximate surface area is 142 Å². The van der Waals surface area contributed by atoms with Gasteiger partial charge in [0.15, 0.2) is 0 Å². The van der Waals surface area contributed by atoms with Crippen LogP contribution in [0.3, 0.4) is 0 Å². The van der Waals surface area contributed by atoms with E-state index in [9.17, 15) is 10.1 Å². The van der Waals surface area contributed by atoms with Crippen LogP contribution in [0.2, 0.25) is 5.02 Å². The molecule has 1 N–H and O–H groups in total. The highest BCUT2D eigenvalue weighted by molar-refractivity contribution is 9.10. The van der Waals surface area contributed by atoms with Gasteiger partial charge >= 0.3 is 0 Å². The van der Waals surface area contributed by atoms with E-state index in [2.05, 4.69) is 21.2 Å². The molecule has 2 aromatic carbocycles. The third-order valence-corrected chi connectivity index (χ3v) is 4.22. The number of nitriles is 1. The van der Waals surface area contributed by atoms with Crippen molar-refractivity contribution in [3.8, 4) is 6.07 Å². The van der Waals surface area contributed by atoms with E-state index in [1.807, 2.05) is 37.3 Å². The zero-order valence-electron chi connectivity index (χ0n) is 11.7. The number of carbonyl (C=O) groups excluding carboxylic acids is 1. The highest BCUT2D eigenvalue weighted by Gasteiger charge is 2.12. The summed E-state index contributed by atoms with van der Waals surface area (Å²) in [5, 5.41) is 12.5. The van der Waals surface area contributed by atoms with E-state index in [1.165, 1.54) is 0 Å². The maximum Gasteiger partial charge on any atom is 0.266 e. The van der Waals surface area contributed by atoms with E-state index in [1.54, 1.807) is 24.3 Å². The molecule has 0 heterocycles. The van der Waals surface area contributed by atoms with Crippen molar-refractivity contribution in [1.82, 2.24) is 0 Å². The standard InChI is InChI=1S/C17H12BrClN2O/c1-11-15(19)7-4-8-16(11)21-17(22)13(10-20)9-12-5-2-3-6-14(12)18/h2-9H,1H3,(H,21,22)/b13-9+. The molecular formula is C17H12BrClN2O. The number of nitrogens with zero attached hydrogens (tertiary/aromatic N) is 1. The Morgan fingerprint density at radius 2 is 2.00 bits per heavy atom. The first kappa shape index (κ1) is 16.3. The number of hydrogen-bond donors (Lipinski definition) is 1. The molecule has 0 radical (unpaired) electrons. The van der Waals surface area contributed by atoms with Crippen LogP contribution in [0.25, 0.3) is 6.08 Å². The SMILES string of the molecule is Cc1c(Cl)cccc1NC(=O)/C(C#N)=C/c1ccccc1Br. The molecule has 22 heavy (non-hydrogen) atoms. The van der Waals surface area contributed by atoms with Gasteiger partial charge in [0.1, 0.15) is 11.6 Å². The summed E-state index contributed by atoms with van der Waals surface area (Å²) in [5.74, 6) is -0.469. The number of benzene rings is 2. The van der Waals surface area contributed by atoms with Crippen molar-refractivity contribution in [3.63, 3.8) is 0 Å². The van der Waals surface area contributed by atoms with E-state index in [-0.39, 0.29) is 5.57 Å². The third kappa shape index (κ3) is 3.76. The average molecular weight is 376 g/mol. The molecule has 0 aliphatic rings. The van der Waals surface area contributed by atoms with Gasteiger partial charge in [-0.1, -0.05) is 51.8 Å². The Morgan fingerprint density at radius 1 is 1.27 bits per heavy atom. The Hall–Kier alpha value is -2.09. The van der Waals surface area contributed by atoms with Crippen LogP contribution in [0.15, 0.2) is 52.5 Å². The smallest absolute Gasteiger partial charge is 0.266 e. The molecule has 3 nitrogen and oxygen atoms in total. The maximum absolute atomic E-state index is 12.3. The summed E-state index contributed by atoms with van der Waals surface area (Å²) >= 11 is 9.41. The largest absolute Gasteiger partial charge is 0.321 e. The molecule has 0 spiro atoms. The van der Waals surface area contributed by atoms with Crippen molar-refractivity contribution < 1.29 is 4.79 Å². The summed E-state index contributed by atoms with van der Waals surface area (Å²) in [5.41, 5.74) is 2.13. The van der Waals surface area contributed by atoms with Crippen LogP contribution in [0.4, 0.5) is 5.69 Å². The third-order valence-electron chi connectivity index (χ3n) is 3.09. The zero-order chi connectivity index (χ0) is 16.1. The van der Waals surface area contributed by atoms with Crippen LogP contribution in [0, 0.1) is 18.3 Å². The van der Waals surface area contributed by atoms with E-state index in [4.69, 9.17) is 11.6 Å². The van der Waals surface area contributed by atoms with Crippen LogP contribution in [0.1, 0.15) is 11.1 Å². The molecule has 2 aromatic rings. The van der Waals surface area contributed by atoms with Crippen molar-refractivity contribution >= 4 is 45.2 Å². The Morgan fingerprint density at radius 3 is 2.68 bits per heavy atom. The number of nitrogens with one attached hydrogen (secondary N) is 1. The highest BCUT2D eigenvalue weighted by Crippen LogP contribution is 2.24. The van der Waals surface area contributed by atoms with E-state index in [0.29, 0.717) is 10.7 Å². The second kappa shape index (κ2) is 7.26. The van der Waals surface area contributed by atoms with Gasteiger partial charge in [0, 0.05) is 15.2 Å². The van der Waals surface area contributed by atoms with Crippen molar-refractivity contribution in [2.75, 3.05) is 5.32 Å². The van der Waals surface area contributed by atoms with Gasteiger partial charge in [-0.25, -0.2) is 0 Å². The molecule has 1 amide bonds. The first-order chi connectivity index (χ1) is 10.5. The van der Waals surface area contributed by atoms with Gasteiger partial charge in [0.05, 0.1) is 0 Å². The minimum absolute atomic E-state index is 0.0197. The van der Waals surface area contributed by atoms with E-state index >= 15 is 0 Å². The number of halogens is 2. The normalized spacial score (nSPS) is 10.9. The van der Waals surface area contributed by atoms with E-state index < -0.39 is 5.91 Å². The second-order valence-corrected chi connectivity index (χ2v) is 5.82. The molecule has 0 aliphatic heterocycles. The minimum atomic E-state index is -0.469. The number of anilines is 1. The monoisotopic (exact) mass is 374 g/mol. The summed E-state index contributed by atoms with van der Waals surface area (Å²) in [7, 11) is 0. The fourth-order valence-corrected chi connectivity index (χ4v) is 2.40. The quantitative estimate of drug-likeness (QED) is 0.609. The molecular weight excluding hydrogens is 364 g/mol. The van der Waals surface area contributed by atoms with Gasteiger partial charge in [-0.15, -0.1) is 0 Å². The van der Waals surface area contributed by atoms with Gasteiger partial charge in [-0.2, -0.15) is 5.26 Å². The molecule has 0 unspecified atom stereocenters. The number of amides is 1. The second-order valence-electron chi connectivity index (χ2n) is 4.56. The lowest BCUT2D eigenvalue weighted by molar-refractivity contribution is -0.112. The lowest BCUT2D eigenvalue weighted by Crippen LogP contribution is -2.14. The van der Waals surface area contributed by atoms with Crippen molar-refractivity contribution in [1.29, 1.82) is 5.26 Å². The summed E-state index contributed by atoms with van der Waals surface area (Å²) in [6.45, 7) is 1.81. The molecule has 0 atom stereocenters. The predicted molar refractivity (Wildman–Crippen MR) is 92.6 cm³/mol. The topological polar surface area (TPSA) is 52.9 Å². The molecule has 0 aliphatic carbocycles. The van der Waals surface area contributed by atoms with Gasteiger partial charge < -0.3 is 5.32 Å². The molecule has 110 valence electrons. The summed E-state index contributed by atoms with van der Waals surface area (Å²) in [6, 6.07) is 14.5. The molecule has 5 heteroatoms. The summed E-state index contributed by atoms with van der Waals surface area (Å²) in [6.07, 6.45) is 1.54. The van der Waals surface area contributed by atoms with Crippen LogP contribution >= 0.6 is 27.5 Å². The molecule has 0 saturated heterocycles. The first-order valence-electron chi connectivity index (χ1n) is 6.45. The lowest BCUT2D eigenvalue weighted by Gasteiger charge is -2.09. The summed E-state index contributed by atoms with van der Waals surface area (Å²) in [4.78, 5) is 12.3. The molecule has 0 aromatic heterocycles. The van der Waals surface area contributed by atoms with Crippen LogP contribution < -0.4 is 5.32 Å². The summed E-state index contributed by atoms with van der Waals surface area (Å²) < 4.78 is 0.814. The Kier molecular flexibility index (Phi) is 5.37. The van der Waals surface area contributed by atoms with Crippen LogP contribution in [-0.4, -0.2) is 5.91 Å². The average Bonchev–Trinajstić information content (AvgIpc) is 2.51. The fourth-order valence-electron chi connectivity index (χ4n) is 1.83. The highest BCUT2D eigenvalue weighted by atomic mass is 79.9. The molecule has 0 fully saturated rings. The first-order valence-corrected chi connectivity index (χ1v) is 7.63. The number of rotatable bonds is 3. The Bertz CT molecular complexity index is 793. The zero-order valence-corrected chi connectivity index (χ0v) is 14.1. The Balaban J connectivity index is 2.29. The minimum Gasteiger partial charge on any atom is -0.321 e. The maximum atomic E-state index is 12.3.